The summed E-state index contributed by atoms with van der Waals surface area (Å²) in [5, 5.41) is 2.94. The SMILES string of the molecule is C=CCNCC(=O)c1ccccc1N. The molecular weight excluding hydrogens is 176 g/mol. The molecule has 1 aromatic carbocycles. The topological polar surface area (TPSA) is 55.1 Å². The normalized spacial score (nSPS) is 9.71. The van der Waals surface area contributed by atoms with Gasteiger partial charge in [-0.3, -0.25) is 4.79 Å². The van der Waals surface area contributed by atoms with Gasteiger partial charge in [-0.25, -0.2) is 0 Å². The van der Waals surface area contributed by atoms with Crippen LogP contribution in [-0.4, -0.2) is 18.9 Å². The lowest BCUT2D eigenvalue weighted by atomic mass is 10.1. The molecule has 0 bridgehead atoms. The molecule has 0 aromatic heterocycles. The van der Waals surface area contributed by atoms with Crippen molar-refractivity contribution >= 4 is 11.5 Å². The molecule has 1 aromatic rings. The average molecular weight is 190 g/mol. The van der Waals surface area contributed by atoms with Crippen LogP contribution in [0.1, 0.15) is 10.4 Å². The van der Waals surface area contributed by atoms with E-state index < -0.39 is 0 Å². The van der Waals surface area contributed by atoms with Gasteiger partial charge in [-0.15, -0.1) is 6.58 Å². The van der Waals surface area contributed by atoms with Gasteiger partial charge in [0.05, 0.1) is 6.54 Å². The van der Waals surface area contributed by atoms with Crippen LogP contribution in [0.2, 0.25) is 0 Å². The van der Waals surface area contributed by atoms with E-state index in [1.54, 1.807) is 24.3 Å². The van der Waals surface area contributed by atoms with E-state index in [0.717, 1.165) is 0 Å². The fraction of sp³-hybridized carbons (Fsp3) is 0.182. The molecule has 0 aliphatic carbocycles. The third-order valence-corrected chi connectivity index (χ3v) is 1.84. The molecule has 0 fully saturated rings. The van der Waals surface area contributed by atoms with Crippen molar-refractivity contribution in [3.05, 3.63) is 42.5 Å². The molecule has 0 amide bonds. The van der Waals surface area contributed by atoms with Gasteiger partial charge in [-0.2, -0.15) is 0 Å². The third kappa shape index (κ3) is 2.71. The summed E-state index contributed by atoms with van der Waals surface area (Å²) in [5.41, 5.74) is 6.76. The molecule has 0 atom stereocenters. The number of anilines is 1. The first kappa shape index (κ1) is 10.5. The van der Waals surface area contributed by atoms with Crippen LogP contribution >= 0.6 is 0 Å². The Labute approximate surface area is 83.6 Å². The number of hydrogen-bond acceptors (Lipinski definition) is 3. The number of hydrogen-bond donors (Lipinski definition) is 2. The summed E-state index contributed by atoms with van der Waals surface area (Å²) >= 11 is 0. The lowest BCUT2D eigenvalue weighted by Gasteiger charge is -2.04. The summed E-state index contributed by atoms with van der Waals surface area (Å²) in [4.78, 5) is 11.6. The molecule has 3 N–H and O–H groups in total. The van der Waals surface area contributed by atoms with E-state index in [4.69, 9.17) is 5.73 Å². The van der Waals surface area contributed by atoms with Gasteiger partial charge in [0.1, 0.15) is 0 Å². The largest absolute Gasteiger partial charge is 0.398 e. The first-order chi connectivity index (χ1) is 6.75. The first-order valence-electron chi connectivity index (χ1n) is 4.45. The Bertz CT molecular complexity index is 334. The van der Waals surface area contributed by atoms with Crippen molar-refractivity contribution < 1.29 is 4.79 Å². The van der Waals surface area contributed by atoms with E-state index in [2.05, 4.69) is 11.9 Å². The molecule has 0 spiro atoms. The summed E-state index contributed by atoms with van der Waals surface area (Å²) in [7, 11) is 0. The number of nitrogens with one attached hydrogen (secondary N) is 1. The van der Waals surface area contributed by atoms with Gasteiger partial charge in [0.15, 0.2) is 5.78 Å². The number of carbonyl (C=O) groups is 1. The molecule has 0 saturated heterocycles. The Morgan fingerprint density at radius 1 is 1.50 bits per heavy atom. The molecular formula is C11H14N2O. The standard InChI is InChI=1S/C11H14N2O/c1-2-7-13-8-11(14)9-5-3-4-6-10(9)12/h2-6,13H,1,7-8,12H2. The Hall–Kier alpha value is -1.61. The van der Waals surface area contributed by atoms with Crippen LogP contribution in [0, 0.1) is 0 Å². The zero-order chi connectivity index (χ0) is 10.4. The number of ketones is 1. The van der Waals surface area contributed by atoms with E-state index in [1.807, 2.05) is 6.07 Å². The van der Waals surface area contributed by atoms with Crippen LogP contribution in [-0.2, 0) is 0 Å². The van der Waals surface area contributed by atoms with Crippen molar-refractivity contribution in [1.82, 2.24) is 5.32 Å². The highest BCUT2D eigenvalue weighted by atomic mass is 16.1. The fourth-order valence-electron chi connectivity index (χ4n) is 1.13. The smallest absolute Gasteiger partial charge is 0.178 e. The van der Waals surface area contributed by atoms with Crippen molar-refractivity contribution in [3.63, 3.8) is 0 Å². The quantitative estimate of drug-likeness (QED) is 0.318. The van der Waals surface area contributed by atoms with E-state index in [0.29, 0.717) is 24.3 Å². The predicted octanol–water partition coefficient (Wildman–Crippen LogP) is 1.23. The maximum atomic E-state index is 11.6. The van der Waals surface area contributed by atoms with Crippen LogP contribution < -0.4 is 11.1 Å². The minimum absolute atomic E-state index is 0.00458. The summed E-state index contributed by atoms with van der Waals surface area (Å²) in [6, 6.07) is 7.06. The molecule has 14 heavy (non-hydrogen) atoms. The van der Waals surface area contributed by atoms with E-state index in [-0.39, 0.29) is 5.78 Å². The molecule has 0 aliphatic rings. The lowest BCUT2D eigenvalue weighted by Crippen LogP contribution is -2.23. The van der Waals surface area contributed by atoms with E-state index in [9.17, 15) is 4.79 Å². The van der Waals surface area contributed by atoms with E-state index in [1.165, 1.54) is 0 Å². The van der Waals surface area contributed by atoms with Gasteiger partial charge in [-0.05, 0) is 12.1 Å². The number of para-hydroxylation sites is 1. The monoisotopic (exact) mass is 190 g/mol. The molecule has 1 rings (SSSR count). The third-order valence-electron chi connectivity index (χ3n) is 1.84. The molecule has 0 aliphatic heterocycles. The highest BCUT2D eigenvalue weighted by molar-refractivity contribution is 6.02. The van der Waals surface area contributed by atoms with Crippen LogP contribution in [0.15, 0.2) is 36.9 Å². The minimum Gasteiger partial charge on any atom is -0.398 e. The summed E-state index contributed by atoms with van der Waals surface area (Å²) in [6.45, 7) is 4.46. The highest BCUT2D eigenvalue weighted by Crippen LogP contribution is 2.10. The van der Waals surface area contributed by atoms with Crippen molar-refractivity contribution in [3.8, 4) is 0 Å². The van der Waals surface area contributed by atoms with Crippen LogP contribution in [0.3, 0.4) is 0 Å². The lowest BCUT2D eigenvalue weighted by molar-refractivity contribution is 0.0993. The van der Waals surface area contributed by atoms with Gasteiger partial charge in [0.2, 0.25) is 0 Å². The molecule has 3 nitrogen and oxygen atoms in total. The summed E-state index contributed by atoms with van der Waals surface area (Å²) < 4.78 is 0. The number of rotatable bonds is 5. The second-order valence-corrected chi connectivity index (χ2v) is 2.93. The second-order valence-electron chi connectivity index (χ2n) is 2.93. The number of carbonyl (C=O) groups excluding carboxylic acids is 1. The molecule has 0 heterocycles. The van der Waals surface area contributed by atoms with Gasteiger partial charge in [0, 0.05) is 17.8 Å². The molecule has 0 saturated carbocycles. The molecule has 3 heteroatoms. The maximum Gasteiger partial charge on any atom is 0.178 e. The van der Waals surface area contributed by atoms with Gasteiger partial charge in [-0.1, -0.05) is 18.2 Å². The maximum absolute atomic E-state index is 11.6. The van der Waals surface area contributed by atoms with E-state index >= 15 is 0 Å². The van der Waals surface area contributed by atoms with Crippen molar-refractivity contribution in [2.45, 2.75) is 0 Å². The number of nitrogens with two attached hydrogens (primary N) is 1. The van der Waals surface area contributed by atoms with Crippen LogP contribution in [0.4, 0.5) is 5.69 Å². The first-order valence-corrected chi connectivity index (χ1v) is 4.45. The molecule has 0 unspecified atom stereocenters. The van der Waals surface area contributed by atoms with Gasteiger partial charge < -0.3 is 11.1 Å². The van der Waals surface area contributed by atoms with Crippen molar-refractivity contribution in [2.75, 3.05) is 18.8 Å². The number of nitrogen functional groups attached to an aromatic ring is 1. The van der Waals surface area contributed by atoms with Crippen LogP contribution in [0.25, 0.3) is 0 Å². The Morgan fingerprint density at radius 2 is 2.21 bits per heavy atom. The average Bonchev–Trinajstić information content (AvgIpc) is 2.18. The van der Waals surface area contributed by atoms with Crippen molar-refractivity contribution in [2.24, 2.45) is 0 Å². The zero-order valence-corrected chi connectivity index (χ0v) is 7.99. The predicted molar refractivity (Wildman–Crippen MR) is 58.3 cm³/mol. The minimum atomic E-state index is 0.00458. The number of benzene rings is 1. The van der Waals surface area contributed by atoms with Gasteiger partial charge in [0.25, 0.3) is 0 Å². The molecule has 74 valence electrons. The Morgan fingerprint density at radius 3 is 2.86 bits per heavy atom. The Kier molecular flexibility index (Phi) is 3.88. The second kappa shape index (κ2) is 5.19. The number of Topliss-reactive ketones (excluding diaryl/α,β-unsaturated/α-hetero) is 1. The van der Waals surface area contributed by atoms with Crippen molar-refractivity contribution in [1.29, 1.82) is 0 Å². The Balaban J connectivity index is 2.60. The van der Waals surface area contributed by atoms with Crippen LogP contribution in [0.5, 0.6) is 0 Å². The summed E-state index contributed by atoms with van der Waals surface area (Å²) in [5.74, 6) is 0.00458. The molecule has 0 radical (unpaired) electrons. The zero-order valence-electron chi connectivity index (χ0n) is 7.99. The van der Waals surface area contributed by atoms with Gasteiger partial charge >= 0.3 is 0 Å². The highest BCUT2D eigenvalue weighted by Gasteiger charge is 2.07. The fourth-order valence-corrected chi connectivity index (χ4v) is 1.13. The summed E-state index contributed by atoms with van der Waals surface area (Å²) in [6.07, 6.45) is 1.71.